The standard InChI is InChI=1S/C22H20ClN5O2S/c1-29-19-7-3-5-17(20(19)30-14-15-4-2-6-18(23)12-15)13-25-28-21(26-27-22(28)31)16-8-10-24-11-9-16/h2-12,25H,13-14H2,1H3,(H,27,31). The molecule has 2 aromatic heterocycles. The van der Waals surface area contributed by atoms with Gasteiger partial charge in [0.15, 0.2) is 17.3 Å². The van der Waals surface area contributed by atoms with E-state index in [0.717, 1.165) is 16.7 Å². The first-order valence-electron chi connectivity index (χ1n) is 9.50. The Labute approximate surface area is 189 Å². The molecule has 9 heteroatoms. The SMILES string of the molecule is COc1cccc(CNn2c(-c3ccncc3)n[nH]c2=S)c1OCc1cccc(Cl)c1. The van der Waals surface area contributed by atoms with Crippen molar-refractivity contribution in [3.8, 4) is 22.9 Å². The summed E-state index contributed by atoms with van der Waals surface area (Å²) in [6.45, 7) is 0.801. The van der Waals surface area contributed by atoms with Crippen molar-refractivity contribution in [1.82, 2.24) is 19.9 Å². The molecule has 2 heterocycles. The molecule has 31 heavy (non-hydrogen) atoms. The highest BCUT2D eigenvalue weighted by Gasteiger charge is 2.13. The van der Waals surface area contributed by atoms with Crippen molar-refractivity contribution in [2.75, 3.05) is 12.5 Å². The van der Waals surface area contributed by atoms with Gasteiger partial charge in [0.25, 0.3) is 0 Å². The molecule has 2 N–H and O–H groups in total. The van der Waals surface area contributed by atoms with Crippen LogP contribution in [0.2, 0.25) is 5.02 Å². The van der Waals surface area contributed by atoms with E-state index >= 15 is 0 Å². The van der Waals surface area contributed by atoms with Crippen LogP contribution in [0.5, 0.6) is 11.5 Å². The second-order valence-corrected chi connectivity index (χ2v) is 7.45. The first kappa shape index (κ1) is 20.9. The maximum atomic E-state index is 6.12. The molecular formula is C22H20ClN5O2S. The second kappa shape index (κ2) is 9.63. The van der Waals surface area contributed by atoms with Crippen LogP contribution in [0, 0.1) is 4.77 Å². The molecule has 0 atom stereocenters. The molecule has 0 bridgehead atoms. The van der Waals surface area contributed by atoms with E-state index < -0.39 is 0 Å². The van der Waals surface area contributed by atoms with E-state index in [0.29, 0.717) is 40.3 Å². The first-order chi connectivity index (χ1) is 15.2. The highest BCUT2D eigenvalue weighted by Crippen LogP contribution is 2.32. The predicted octanol–water partition coefficient (Wildman–Crippen LogP) is 4.99. The maximum absolute atomic E-state index is 6.12. The van der Waals surface area contributed by atoms with Gasteiger partial charge >= 0.3 is 0 Å². The topological polar surface area (TPSA) is 77.0 Å². The fourth-order valence-electron chi connectivity index (χ4n) is 3.11. The number of aromatic amines is 1. The van der Waals surface area contributed by atoms with Crippen LogP contribution in [-0.2, 0) is 13.2 Å². The lowest BCUT2D eigenvalue weighted by Gasteiger charge is -2.17. The molecule has 0 amide bonds. The van der Waals surface area contributed by atoms with Gasteiger partial charge in [0.05, 0.1) is 13.7 Å². The lowest BCUT2D eigenvalue weighted by atomic mass is 10.2. The third kappa shape index (κ3) is 4.87. The van der Waals surface area contributed by atoms with Crippen molar-refractivity contribution in [3.05, 3.63) is 87.9 Å². The number of hydrogen-bond donors (Lipinski definition) is 2. The number of aromatic nitrogens is 4. The molecule has 0 spiro atoms. The molecular weight excluding hydrogens is 434 g/mol. The van der Waals surface area contributed by atoms with Gasteiger partial charge in [-0.15, -0.1) is 0 Å². The van der Waals surface area contributed by atoms with Gasteiger partial charge in [0.1, 0.15) is 6.61 Å². The highest BCUT2D eigenvalue weighted by atomic mass is 35.5. The lowest BCUT2D eigenvalue weighted by molar-refractivity contribution is 0.281. The second-order valence-electron chi connectivity index (χ2n) is 6.63. The number of H-pyrrole nitrogens is 1. The minimum Gasteiger partial charge on any atom is -0.493 e. The maximum Gasteiger partial charge on any atom is 0.214 e. The number of methoxy groups -OCH3 is 1. The zero-order valence-corrected chi connectivity index (χ0v) is 18.3. The van der Waals surface area contributed by atoms with Gasteiger partial charge in [-0.25, -0.2) is 9.77 Å². The van der Waals surface area contributed by atoms with E-state index in [9.17, 15) is 0 Å². The predicted molar refractivity (Wildman–Crippen MR) is 122 cm³/mol. The average Bonchev–Trinajstić information content (AvgIpc) is 3.17. The number of rotatable bonds is 8. The Hall–Kier alpha value is -3.36. The van der Waals surface area contributed by atoms with E-state index in [2.05, 4.69) is 20.6 Å². The van der Waals surface area contributed by atoms with Crippen LogP contribution in [-0.4, -0.2) is 27.0 Å². The third-order valence-corrected chi connectivity index (χ3v) is 5.10. The summed E-state index contributed by atoms with van der Waals surface area (Å²) in [5.41, 5.74) is 6.08. The quantitative estimate of drug-likeness (QED) is 0.366. The summed E-state index contributed by atoms with van der Waals surface area (Å²) in [5.74, 6) is 1.96. The summed E-state index contributed by atoms with van der Waals surface area (Å²) in [4.78, 5) is 4.05. The molecule has 7 nitrogen and oxygen atoms in total. The van der Waals surface area contributed by atoms with E-state index in [4.69, 9.17) is 33.3 Å². The van der Waals surface area contributed by atoms with Crippen molar-refractivity contribution in [3.63, 3.8) is 0 Å². The molecule has 0 radical (unpaired) electrons. The Morgan fingerprint density at radius 3 is 2.71 bits per heavy atom. The Bertz CT molecular complexity index is 1230. The van der Waals surface area contributed by atoms with Gasteiger partial charge in [-0.3, -0.25) is 4.98 Å². The number of pyridine rings is 1. The summed E-state index contributed by atoms with van der Waals surface area (Å²) in [7, 11) is 1.62. The average molecular weight is 454 g/mol. The van der Waals surface area contributed by atoms with Crippen molar-refractivity contribution >= 4 is 23.8 Å². The smallest absolute Gasteiger partial charge is 0.214 e. The fourth-order valence-corrected chi connectivity index (χ4v) is 3.52. The number of para-hydroxylation sites is 1. The summed E-state index contributed by atoms with van der Waals surface area (Å²) in [5, 5.41) is 7.82. The molecule has 158 valence electrons. The minimum atomic E-state index is 0.362. The van der Waals surface area contributed by atoms with Gasteiger partial charge in [0.2, 0.25) is 4.77 Å². The zero-order valence-electron chi connectivity index (χ0n) is 16.7. The van der Waals surface area contributed by atoms with Gasteiger partial charge < -0.3 is 14.9 Å². The molecule has 0 aliphatic rings. The Morgan fingerprint density at radius 1 is 1.13 bits per heavy atom. The normalized spacial score (nSPS) is 10.6. The van der Waals surface area contributed by atoms with Crippen molar-refractivity contribution in [1.29, 1.82) is 0 Å². The first-order valence-corrected chi connectivity index (χ1v) is 10.3. The van der Waals surface area contributed by atoms with Gasteiger partial charge in [-0.1, -0.05) is 35.9 Å². The van der Waals surface area contributed by atoms with Gasteiger partial charge in [-0.05, 0) is 48.1 Å². The van der Waals surface area contributed by atoms with E-state index in [1.165, 1.54) is 0 Å². The van der Waals surface area contributed by atoms with E-state index in [1.54, 1.807) is 24.2 Å². The number of nitrogens with zero attached hydrogens (tertiary/aromatic N) is 3. The molecule has 2 aromatic carbocycles. The van der Waals surface area contributed by atoms with E-state index in [1.807, 2.05) is 54.6 Å². The Kier molecular flexibility index (Phi) is 6.49. The Balaban J connectivity index is 1.57. The summed E-state index contributed by atoms with van der Waals surface area (Å²) < 4.78 is 13.8. The molecule has 0 saturated heterocycles. The van der Waals surface area contributed by atoms with Crippen molar-refractivity contribution < 1.29 is 9.47 Å². The van der Waals surface area contributed by atoms with Crippen LogP contribution in [0.4, 0.5) is 0 Å². The largest absolute Gasteiger partial charge is 0.493 e. The number of halogens is 1. The van der Waals surface area contributed by atoms with Crippen LogP contribution in [0.1, 0.15) is 11.1 Å². The van der Waals surface area contributed by atoms with Crippen molar-refractivity contribution in [2.45, 2.75) is 13.2 Å². The third-order valence-electron chi connectivity index (χ3n) is 4.59. The number of hydrogen-bond acceptors (Lipinski definition) is 6. The van der Waals surface area contributed by atoms with Gasteiger partial charge in [-0.2, -0.15) is 5.10 Å². The van der Waals surface area contributed by atoms with E-state index in [-0.39, 0.29) is 0 Å². The monoisotopic (exact) mass is 453 g/mol. The molecule has 4 aromatic rings. The molecule has 0 unspecified atom stereocenters. The summed E-state index contributed by atoms with van der Waals surface area (Å²) in [6.07, 6.45) is 3.42. The molecule has 0 saturated carbocycles. The zero-order chi connectivity index (χ0) is 21.6. The molecule has 0 aliphatic heterocycles. The van der Waals surface area contributed by atoms with Crippen LogP contribution in [0.3, 0.4) is 0 Å². The number of nitrogens with one attached hydrogen (secondary N) is 2. The molecule has 0 fully saturated rings. The lowest BCUT2D eigenvalue weighted by Crippen LogP contribution is -2.16. The van der Waals surface area contributed by atoms with Crippen molar-refractivity contribution in [2.24, 2.45) is 0 Å². The summed E-state index contributed by atoms with van der Waals surface area (Å²) in [6, 6.07) is 17.1. The van der Waals surface area contributed by atoms with Gasteiger partial charge in [0, 0.05) is 28.5 Å². The fraction of sp³-hybridized carbons (Fsp3) is 0.136. The summed E-state index contributed by atoms with van der Waals surface area (Å²) >= 11 is 11.5. The van der Waals surface area contributed by atoms with Crippen LogP contribution < -0.4 is 14.9 Å². The van der Waals surface area contributed by atoms with Crippen LogP contribution >= 0.6 is 23.8 Å². The minimum absolute atomic E-state index is 0.362. The molecule has 4 rings (SSSR count). The number of benzene rings is 2. The highest BCUT2D eigenvalue weighted by molar-refractivity contribution is 7.71. The van der Waals surface area contributed by atoms with Crippen LogP contribution in [0.25, 0.3) is 11.4 Å². The number of ether oxygens (including phenoxy) is 2. The molecule has 0 aliphatic carbocycles. The van der Waals surface area contributed by atoms with Crippen LogP contribution in [0.15, 0.2) is 67.0 Å². The Morgan fingerprint density at radius 2 is 1.94 bits per heavy atom.